The quantitative estimate of drug-likeness (QED) is 0.454. The number of benzene rings is 1. The van der Waals surface area contributed by atoms with Gasteiger partial charge < -0.3 is 19.3 Å². The average Bonchev–Trinajstić information content (AvgIpc) is 3.20. The number of esters is 2. The minimum absolute atomic E-state index is 0.0637. The normalized spacial score (nSPS) is 20.2. The number of rotatable bonds is 7. The lowest BCUT2D eigenvalue weighted by Gasteiger charge is -2.32. The standard InChI is InChI=1S/C23H30N2O6S/c1-4-30-22(28)16-8-10-24(11-9-16)21(27)15(2)31-23(29)17-12-20(26)25(14-17)18-6-5-7-19(13-18)32-3/h5-7,13,15-17H,4,8-12,14H2,1-3H3/t15-,17+/m1/s1. The van der Waals surface area contributed by atoms with Gasteiger partial charge in [-0.15, -0.1) is 11.8 Å². The maximum Gasteiger partial charge on any atom is 0.312 e. The molecule has 0 spiro atoms. The Hall–Kier alpha value is -2.55. The smallest absolute Gasteiger partial charge is 0.312 e. The van der Waals surface area contributed by atoms with Crippen LogP contribution >= 0.6 is 11.8 Å². The van der Waals surface area contributed by atoms with Gasteiger partial charge >= 0.3 is 11.9 Å². The third kappa shape index (κ3) is 5.62. The van der Waals surface area contributed by atoms with Crippen molar-refractivity contribution < 1.29 is 28.7 Å². The second-order valence-corrected chi connectivity index (χ2v) is 8.92. The molecule has 0 aliphatic carbocycles. The zero-order chi connectivity index (χ0) is 23.3. The molecule has 0 aromatic heterocycles. The largest absolute Gasteiger partial charge is 0.466 e. The highest BCUT2D eigenvalue weighted by atomic mass is 32.2. The number of hydrogen-bond donors (Lipinski definition) is 0. The van der Waals surface area contributed by atoms with Gasteiger partial charge in [-0.3, -0.25) is 19.2 Å². The molecule has 8 nitrogen and oxygen atoms in total. The number of ether oxygens (including phenoxy) is 2. The summed E-state index contributed by atoms with van der Waals surface area (Å²) in [4.78, 5) is 54.0. The van der Waals surface area contributed by atoms with Gasteiger partial charge in [-0.05, 0) is 51.1 Å². The lowest BCUT2D eigenvalue weighted by Crippen LogP contribution is -2.46. The summed E-state index contributed by atoms with van der Waals surface area (Å²) in [7, 11) is 0. The van der Waals surface area contributed by atoms with Crippen LogP contribution in [0.15, 0.2) is 29.2 Å². The summed E-state index contributed by atoms with van der Waals surface area (Å²) in [6.45, 7) is 4.74. The van der Waals surface area contributed by atoms with Crippen LogP contribution in [0.3, 0.4) is 0 Å². The number of carbonyl (C=O) groups excluding carboxylic acids is 4. The first-order chi connectivity index (χ1) is 15.3. The van der Waals surface area contributed by atoms with Gasteiger partial charge in [0.2, 0.25) is 5.91 Å². The Morgan fingerprint density at radius 2 is 1.88 bits per heavy atom. The van der Waals surface area contributed by atoms with E-state index >= 15 is 0 Å². The van der Waals surface area contributed by atoms with Crippen LogP contribution in [0.2, 0.25) is 0 Å². The van der Waals surface area contributed by atoms with Crippen LogP contribution in [0.4, 0.5) is 5.69 Å². The van der Waals surface area contributed by atoms with Crippen LogP contribution in [-0.2, 0) is 28.7 Å². The molecule has 1 aromatic carbocycles. The van der Waals surface area contributed by atoms with Gasteiger partial charge in [-0.2, -0.15) is 0 Å². The predicted molar refractivity (Wildman–Crippen MR) is 120 cm³/mol. The number of piperidine rings is 1. The fourth-order valence-corrected chi connectivity index (χ4v) is 4.52. The molecule has 32 heavy (non-hydrogen) atoms. The second kappa shape index (κ2) is 10.8. The molecule has 1 aromatic rings. The maximum atomic E-state index is 12.7. The van der Waals surface area contributed by atoms with Crippen LogP contribution < -0.4 is 4.90 Å². The summed E-state index contributed by atoms with van der Waals surface area (Å²) >= 11 is 1.58. The number of anilines is 1. The first-order valence-electron chi connectivity index (χ1n) is 10.9. The molecule has 0 N–H and O–H groups in total. The molecule has 2 amide bonds. The van der Waals surface area contributed by atoms with Crippen molar-refractivity contribution in [3.8, 4) is 0 Å². The molecule has 2 saturated heterocycles. The Balaban J connectivity index is 1.51. The predicted octanol–water partition coefficient (Wildman–Crippen LogP) is 2.49. The van der Waals surface area contributed by atoms with Gasteiger partial charge in [0.1, 0.15) is 0 Å². The molecular formula is C23H30N2O6S. The Bertz CT molecular complexity index is 868. The summed E-state index contributed by atoms with van der Waals surface area (Å²) in [5.74, 6) is -1.98. The van der Waals surface area contributed by atoms with Crippen molar-refractivity contribution in [1.82, 2.24) is 4.90 Å². The molecule has 0 unspecified atom stereocenters. The van der Waals surface area contributed by atoms with E-state index < -0.39 is 18.0 Å². The molecule has 174 valence electrons. The van der Waals surface area contributed by atoms with Gasteiger partial charge in [0.25, 0.3) is 5.91 Å². The van der Waals surface area contributed by atoms with E-state index in [-0.39, 0.29) is 36.7 Å². The second-order valence-electron chi connectivity index (χ2n) is 8.04. The zero-order valence-corrected chi connectivity index (χ0v) is 19.6. The fraction of sp³-hybridized carbons (Fsp3) is 0.565. The molecule has 2 aliphatic heterocycles. The number of thioether (sulfide) groups is 1. The molecule has 3 rings (SSSR count). The van der Waals surface area contributed by atoms with E-state index in [0.717, 1.165) is 10.6 Å². The van der Waals surface area contributed by atoms with Crippen molar-refractivity contribution >= 4 is 41.2 Å². The number of nitrogens with zero attached hydrogens (tertiary/aromatic N) is 2. The SMILES string of the molecule is CCOC(=O)C1CCN(C(=O)[C@@H](C)OC(=O)[C@H]2CC(=O)N(c3cccc(SC)c3)C2)CC1. The summed E-state index contributed by atoms with van der Waals surface area (Å²) in [5.41, 5.74) is 0.755. The third-order valence-electron chi connectivity index (χ3n) is 5.89. The van der Waals surface area contributed by atoms with E-state index in [1.54, 1.807) is 35.4 Å². The Morgan fingerprint density at radius 3 is 2.53 bits per heavy atom. The van der Waals surface area contributed by atoms with Crippen molar-refractivity contribution in [3.05, 3.63) is 24.3 Å². The fourth-order valence-electron chi connectivity index (χ4n) is 4.07. The number of likely N-dealkylation sites (tertiary alicyclic amines) is 1. The van der Waals surface area contributed by atoms with Crippen LogP contribution in [0.1, 0.15) is 33.1 Å². The summed E-state index contributed by atoms with van der Waals surface area (Å²) in [6, 6.07) is 7.61. The maximum absolute atomic E-state index is 12.7. The molecule has 0 bridgehead atoms. The molecule has 2 fully saturated rings. The van der Waals surface area contributed by atoms with Crippen LogP contribution in [0.25, 0.3) is 0 Å². The Morgan fingerprint density at radius 1 is 1.16 bits per heavy atom. The molecule has 0 saturated carbocycles. The van der Waals surface area contributed by atoms with Gasteiger partial charge in [0.05, 0.1) is 18.4 Å². The summed E-state index contributed by atoms with van der Waals surface area (Å²) in [6.07, 6.45) is 2.15. The van der Waals surface area contributed by atoms with Crippen LogP contribution in [0.5, 0.6) is 0 Å². The average molecular weight is 463 g/mol. The van der Waals surface area contributed by atoms with E-state index in [2.05, 4.69) is 0 Å². The van der Waals surface area contributed by atoms with Crippen molar-refractivity contribution in [2.24, 2.45) is 11.8 Å². The van der Waals surface area contributed by atoms with Crippen LogP contribution in [-0.4, -0.2) is 67.3 Å². The first-order valence-corrected chi connectivity index (χ1v) is 12.2. The molecular weight excluding hydrogens is 432 g/mol. The van der Waals surface area contributed by atoms with Crippen molar-refractivity contribution in [1.29, 1.82) is 0 Å². The van der Waals surface area contributed by atoms with Gasteiger partial charge in [-0.25, -0.2) is 0 Å². The summed E-state index contributed by atoms with van der Waals surface area (Å²) in [5, 5.41) is 0. The molecule has 2 aliphatic rings. The van der Waals surface area contributed by atoms with E-state index in [9.17, 15) is 19.2 Å². The lowest BCUT2D eigenvalue weighted by molar-refractivity contribution is -0.163. The minimum atomic E-state index is -0.939. The summed E-state index contributed by atoms with van der Waals surface area (Å²) < 4.78 is 10.5. The van der Waals surface area contributed by atoms with E-state index in [4.69, 9.17) is 9.47 Å². The molecule has 9 heteroatoms. The first kappa shape index (κ1) is 24.1. The number of hydrogen-bond acceptors (Lipinski definition) is 7. The number of amides is 2. The molecule has 2 atom stereocenters. The highest BCUT2D eigenvalue weighted by Crippen LogP contribution is 2.29. The highest BCUT2D eigenvalue weighted by molar-refractivity contribution is 7.98. The molecule has 2 heterocycles. The van der Waals surface area contributed by atoms with Gasteiger partial charge in [-0.1, -0.05) is 6.07 Å². The van der Waals surface area contributed by atoms with Gasteiger partial charge in [0, 0.05) is 36.6 Å². The van der Waals surface area contributed by atoms with Crippen LogP contribution in [0, 0.1) is 11.8 Å². The van der Waals surface area contributed by atoms with E-state index in [1.807, 2.05) is 30.5 Å². The van der Waals surface area contributed by atoms with E-state index in [0.29, 0.717) is 32.5 Å². The highest BCUT2D eigenvalue weighted by Gasteiger charge is 2.38. The van der Waals surface area contributed by atoms with Crippen molar-refractivity contribution in [2.45, 2.75) is 44.1 Å². The number of carbonyl (C=O) groups is 4. The third-order valence-corrected chi connectivity index (χ3v) is 6.62. The monoisotopic (exact) mass is 462 g/mol. The topological polar surface area (TPSA) is 93.2 Å². The van der Waals surface area contributed by atoms with E-state index in [1.165, 1.54) is 0 Å². The zero-order valence-electron chi connectivity index (χ0n) is 18.7. The molecule has 0 radical (unpaired) electrons. The lowest BCUT2D eigenvalue weighted by atomic mass is 9.96. The van der Waals surface area contributed by atoms with Crippen molar-refractivity contribution in [2.75, 3.05) is 37.4 Å². The van der Waals surface area contributed by atoms with Gasteiger partial charge in [0.15, 0.2) is 6.10 Å². The Kier molecular flexibility index (Phi) is 8.17. The Labute approximate surface area is 192 Å². The van der Waals surface area contributed by atoms with Crippen molar-refractivity contribution in [3.63, 3.8) is 0 Å². The minimum Gasteiger partial charge on any atom is -0.466 e.